The molecule has 3 rings (SSSR count). The SMILES string of the molecule is CCCC[C@@H](CC(=O)O)NC(=O)C(NC(=O)OCC1c2ccccc2-c2ccccc21)C(C)C. The number of hydrogen-bond donors (Lipinski definition) is 3. The second-order valence-electron chi connectivity index (χ2n) is 9.14. The van der Waals surface area contributed by atoms with Crippen LogP contribution < -0.4 is 10.6 Å². The Bertz CT molecular complexity index is 974. The summed E-state index contributed by atoms with van der Waals surface area (Å²) >= 11 is 0. The van der Waals surface area contributed by atoms with Crippen LogP contribution in [0.25, 0.3) is 11.1 Å². The average Bonchev–Trinajstić information content (AvgIpc) is 3.12. The van der Waals surface area contributed by atoms with Crippen molar-refractivity contribution >= 4 is 18.0 Å². The number of benzene rings is 2. The molecule has 2 atom stereocenters. The van der Waals surface area contributed by atoms with Gasteiger partial charge < -0.3 is 20.5 Å². The minimum atomic E-state index is -0.966. The van der Waals surface area contributed by atoms with Gasteiger partial charge in [-0.25, -0.2) is 4.79 Å². The normalized spacial score (nSPS) is 14.1. The van der Waals surface area contributed by atoms with Gasteiger partial charge in [-0.3, -0.25) is 9.59 Å². The van der Waals surface area contributed by atoms with E-state index in [2.05, 4.69) is 22.8 Å². The van der Waals surface area contributed by atoms with E-state index in [1.54, 1.807) is 0 Å². The third-order valence-corrected chi connectivity index (χ3v) is 6.24. The molecular weight excluding hydrogens is 432 g/mol. The first-order valence-corrected chi connectivity index (χ1v) is 12.0. The summed E-state index contributed by atoms with van der Waals surface area (Å²) in [5.41, 5.74) is 4.51. The molecule has 2 aromatic rings. The van der Waals surface area contributed by atoms with Gasteiger partial charge in [0.05, 0.1) is 6.42 Å². The Morgan fingerprint density at radius 2 is 1.56 bits per heavy atom. The Balaban J connectivity index is 1.63. The third-order valence-electron chi connectivity index (χ3n) is 6.24. The fourth-order valence-electron chi connectivity index (χ4n) is 4.48. The third kappa shape index (κ3) is 6.16. The van der Waals surface area contributed by atoms with Crippen LogP contribution in [0.2, 0.25) is 0 Å². The molecule has 0 aromatic heterocycles. The number of carboxylic acid groups (broad SMARTS) is 1. The summed E-state index contributed by atoms with van der Waals surface area (Å²) in [6, 6.07) is 14.9. The molecule has 7 heteroatoms. The lowest BCUT2D eigenvalue weighted by Crippen LogP contribution is -2.52. The summed E-state index contributed by atoms with van der Waals surface area (Å²) in [6.45, 7) is 5.82. The molecule has 1 aliphatic carbocycles. The predicted molar refractivity (Wildman–Crippen MR) is 131 cm³/mol. The first-order valence-electron chi connectivity index (χ1n) is 12.0. The van der Waals surface area contributed by atoms with E-state index < -0.39 is 30.1 Å². The van der Waals surface area contributed by atoms with Gasteiger partial charge in [0.1, 0.15) is 12.6 Å². The lowest BCUT2D eigenvalue weighted by Gasteiger charge is -2.25. The standard InChI is InChI=1S/C27H34N2O5/c1-4-5-10-18(15-24(30)31)28-26(32)25(17(2)3)29-27(33)34-16-23-21-13-8-6-11-19(21)20-12-7-9-14-22(20)23/h6-9,11-14,17-18,23,25H,4-5,10,15-16H2,1-3H3,(H,28,32)(H,29,33)(H,30,31)/t18-,25?/m0/s1. The van der Waals surface area contributed by atoms with Crippen molar-refractivity contribution in [2.24, 2.45) is 5.92 Å². The van der Waals surface area contributed by atoms with Crippen LogP contribution in [0, 0.1) is 5.92 Å². The summed E-state index contributed by atoms with van der Waals surface area (Å²) in [7, 11) is 0. The number of carbonyl (C=O) groups excluding carboxylic acids is 2. The van der Waals surface area contributed by atoms with Gasteiger partial charge in [0.15, 0.2) is 0 Å². The van der Waals surface area contributed by atoms with Crippen molar-refractivity contribution in [1.82, 2.24) is 10.6 Å². The van der Waals surface area contributed by atoms with Crippen LogP contribution in [0.15, 0.2) is 48.5 Å². The lowest BCUT2D eigenvalue weighted by molar-refractivity contribution is -0.137. The van der Waals surface area contributed by atoms with Gasteiger partial charge in [-0.2, -0.15) is 0 Å². The number of alkyl carbamates (subject to hydrolysis) is 1. The van der Waals surface area contributed by atoms with Gasteiger partial charge in [0, 0.05) is 12.0 Å². The maximum atomic E-state index is 12.9. The minimum Gasteiger partial charge on any atom is -0.481 e. The van der Waals surface area contributed by atoms with E-state index in [1.807, 2.05) is 57.2 Å². The molecule has 182 valence electrons. The number of nitrogens with one attached hydrogen (secondary N) is 2. The van der Waals surface area contributed by atoms with Gasteiger partial charge >= 0.3 is 12.1 Å². The van der Waals surface area contributed by atoms with Crippen molar-refractivity contribution in [3.05, 3.63) is 59.7 Å². The fourth-order valence-corrected chi connectivity index (χ4v) is 4.48. The number of unbranched alkanes of at least 4 members (excludes halogenated alkanes) is 1. The highest BCUT2D eigenvalue weighted by atomic mass is 16.5. The monoisotopic (exact) mass is 466 g/mol. The lowest BCUT2D eigenvalue weighted by atomic mass is 9.98. The van der Waals surface area contributed by atoms with Crippen LogP contribution in [0.5, 0.6) is 0 Å². The smallest absolute Gasteiger partial charge is 0.407 e. The molecule has 0 radical (unpaired) electrons. The Kier molecular flexibility index (Phi) is 8.68. The van der Waals surface area contributed by atoms with Crippen LogP contribution in [0.1, 0.15) is 63.5 Å². The van der Waals surface area contributed by atoms with Crippen molar-refractivity contribution in [3.63, 3.8) is 0 Å². The van der Waals surface area contributed by atoms with E-state index in [0.717, 1.165) is 35.1 Å². The molecule has 1 aliphatic rings. The summed E-state index contributed by atoms with van der Waals surface area (Å²) in [4.78, 5) is 36.7. The van der Waals surface area contributed by atoms with Crippen LogP contribution >= 0.6 is 0 Å². The van der Waals surface area contributed by atoms with Gasteiger partial charge in [-0.15, -0.1) is 0 Å². The van der Waals surface area contributed by atoms with E-state index in [9.17, 15) is 14.4 Å². The van der Waals surface area contributed by atoms with E-state index in [4.69, 9.17) is 9.84 Å². The van der Waals surface area contributed by atoms with Crippen LogP contribution in [-0.2, 0) is 14.3 Å². The first kappa shape index (κ1) is 25.3. The van der Waals surface area contributed by atoms with E-state index in [0.29, 0.717) is 6.42 Å². The summed E-state index contributed by atoms with van der Waals surface area (Å²) in [5.74, 6) is -1.63. The minimum absolute atomic E-state index is 0.0709. The summed E-state index contributed by atoms with van der Waals surface area (Å²) in [6.07, 6.45) is 1.47. The highest BCUT2D eigenvalue weighted by molar-refractivity contribution is 5.86. The van der Waals surface area contributed by atoms with Crippen LogP contribution in [0.3, 0.4) is 0 Å². The molecule has 7 nitrogen and oxygen atoms in total. The number of hydrogen-bond acceptors (Lipinski definition) is 4. The second kappa shape index (κ2) is 11.7. The van der Waals surface area contributed by atoms with E-state index >= 15 is 0 Å². The maximum Gasteiger partial charge on any atom is 0.407 e. The molecule has 0 spiro atoms. The first-order chi connectivity index (χ1) is 16.3. The number of carboxylic acids is 1. The Labute approximate surface area is 200 Å². The van der Waals surface area contributed by atoms with Crippen LogP contribution in [0.4, 0.5) is 4.79 Å². The second-order valence-corrected chi connectivity index (χ2v) is 9.14. The quantitative estimate of drug-likeness (QED) is 0.445. The molecule has 3 N–H and O–H groups in total. The van der Waals surface area contributed by atoms with E-state index in [-0.39, 0.29) is 24.9 Å². The average molecular weight is 467 g/mol. The highest BCUT2D eigenvalue weighted by Gasteiger charge is 2.31. The topological polar surface area (TPSA) is 105 Å². The molecule has 0 bridgehead atoms. The van der Waals surface area contributed by atoms with Gasteiger partial charge in [-0.05, 0) is 34.6 Å². The molecule has 2 aromatic carbocycles. The summed E-state index contributed by atoms with van der Waals surface area (Å²) < 4.78 is 5.58. The van der Waals surface area contributed by atoms with Crippen molar-refractivity contribution in [1.29, 1.82) is 0 Å². The Morgan fingerprint density at radius 3 is 2.09 bits per heavy atom. The number of rotatable bonds is 11. The number of aliphatic carboxylic acids is 1. The van der Waals surface area contributed by atoms with Crippen molar-refractivity contribution in [2.45, 2.75) is 64.5 Å². The molecule has 1 unspecified atom stereocenters. The molecule has 0 saturated heterocycles. The van der Waals surface area contributed by atoms with Crippen molar-refractivity contribution < 1.29 is 24.2 Å². The zero-order valence-corrected chi connectivity index (χ0v) is 20.0. The van der Waals surface area contributed by atoms with Gasteiger partial charge in [0.25, 0.3) is 0 Å². The zero-order valence-electron chi connectivity index (χ0n) is 20.0. The largest absolute Gasteiger partial charge is 0.481 e. The molecular formula is C27H34N2O5. The zero-order chi connectivity index (χ0) is 24.7. The Morgan fingerprint density at radius 1 is 0.971 bits per heavy atom. The highest BCUT2D eigenvalue weighted by Crippen LogP contribution is 2.44. The molecule has 2 amide bonds. The summed E-state index contributed by atoms with van der Waals surface area (Å²) in [5, 5.41) is 14.6. The number of carbonyl (C=O) groups is 3. The molecule has 34 heavy (non-hydrogen) atoms. The Hall–Kier alpha value is -3.35. The van der Waals surface area contributed by atoms with Crippen molar-refractivity contribution in [2.75, 3.05) is 6.61 Å². The van der Waals surface area contributed by atoms with Gasteiger partial charge in [0.2, 0.25) is 5.91 Å². The number of fused-ring (bicyclic) bond motifs is 3. The van der Waals surface area contributed by atoms with Gasteiger partial charge in [-0.1, -0.05) is 82.1 Å². The van der Waals surface area contributed by atoms with Crippen molar-refractivity contribution in [3.8, 4) is 11.1 Å². The van der Waals surface area contributed by atoms with E-state index in [1.165, 1.54) is 0 Å². The number of ether oxygens (including phenoxy) is 1. The number of amides is 2. The fraction of sp³-hybridized carbons (Fsp3) is 0.444. The molecule has 0 heterocycles. The molecule has 0 fully saturated rings. The predicted octanol–water partition coefficient (Wildman–Crippen LogP) is 4.70. The molecule has 0 saturated carbocycles. The molecule has 0 aliphatic heterocycles. The maximum absolute atomic E-state index is 12.9. The van der Waals surface area contributed by atoms with Crippen LogP contribution in [-0.4, -0.2) is 41.8 Å².